The Kier molecular flexibility index (Phi) is 4.12. The molecular weight excluding hydrogens is 309 g/mol. The monoisotopic (exact) mass is 325 g/mol. The van der Waals surface area contributed by atoms with E-state index in [4.69, 9.17) is 0 Å². The zero-order valence-electron chi connectivity index (χ0n) is 13.3. The van der Waals surface area contributed by atoms with E-state index in [0.717, 1.165) is 0 Å². The molecule has 6 heteroatoms. The van der Waals surface area contributed by atoms with E-state index < -0.39 is 5.91 Å². The Balaban J connectivity index is 2.10. The number of hydrogen-bond donors (Lipinski definition) is 1. The summed E-state index contributed by atoms with van der Waals surface area (Å²) in [6, 6.07) is 12.1. The molecule has 0 atom stereocenters. The molecule has 122 valence electrons. The zero-order chi connectivity index (χ0) is 17.3. The quantitative estimate of drug-likeness (QED) is 0.803. The van der Waals surface area contributed by atoms with Crippen molar-refractivity contribution in [3.63, 3.8) is 0 Å². The molecule has 0 saturated carbocycles. The van der Waals surface area contributed by atoms with Crippen molar-refractivity contribution in [2.45, 2.75) is 19.9 Å². The molecule has 1 N–H and O–H groups in total. The van der Waals surface area contributed by atoms with Gasteiger partial charge in [0.1, 0.15) is 5.82 Å². The fraction of sp³-hybridized carbons (Fsp3) is 0.167. The maximum atomic E-state index is 13.0. The first kappa shape index (κ1) is 15.9. The van der Waals surface area contributed by atoms with E-state index in [1.54, 1.807) is 24.3 Å². The molecule has 0 aliphatic heterocycles. The van der Waals surface area contributed by atoms with Crippen LogP contribution in [-0.2, 0) is 0 Å². The van der Waals surface area contributed by atoms with Crippen molar-refractivity contribution < 1.29 is 9.18 Å². The molecule has 0 saturated heterocycles. The van der Waals surface area contributed by atoms with Crippen LogP contribution in [0.1, 0.15) is 30.4 Å². The van der Waals surface area contributed by atoms with Gasteiger partial charge >= 0.3 is 0 Å². The molecule has 0 unspecified atom stereocenters. The number of carbonyl (C=O) groups excluding carboxylic acids is 1. The minimum atomic E-state index is -0.452. The van der Waals surface area contributed by atoms with E-state index in [-0.39, 0.29) is 23.1 Å². The predicted octanol–water partition coefficient (Wildman–Crippen LogP) is 3.37. The van der Waals surface area contributed by atoms with Gasteiger partial charge in [0.15, 0.2) is 5.69 Å². The Hall–Kier alpha value is -3.02. The lowest BCUT2D eigenvalue weighted by Gasteiger charge is -2.13. The molecule has 3 rings (SSSR count). The number of anilines is 1. The second kappa shape index (κ2) is 6.23. The zero-order valence-corrected chi connectivity index (χ0v) is 13.3. The standard InChI is InChI=1S/C18H16FN3O2/c1-11(2)22-18(24)15-6-4-3-5-14(15)16(21-22)17(23)20-13-9-7-12(19)8-10-13/h3-11H,1-2H3,(H,20,23). The van der Waals surface area contributed by atoms with Gasteiger partial charge in [0.25, 0.3) is 11.5 Å². The maximum absolute atomic E-state index is 13.0. The van der Waals surface area contributed by atoms with Crippen LogP contribution < -0.4 is 10.9 Å². The lowest BCUT2D eigenvalue weighted by molar-refractivity contribution is 0.102. The summed E-state index contributed by atoms with van der Waals surface area (Å²) in [4.78, 5) is 25.1. The molecule has 2 aromatic carbocycles. The number of carbonyl (C=O) groups is 1. The van der Waals surface area contributed by atoms with Gasteiger partial charge in [-0.15, -0.1) is 0 Å². The third-order valence-electron chi connectivity index (χ3n) is 3.63. The van der Waals surface area contributed by atoms with Gasteiger partial charge in [-0.1, -0.05) is 18.2 Å². The summed E-state index contributed by atoms with van der Waals surface area (Å²) in [5.74, 6) is -0.836. The Labute approximate surface area is 137 Å². The smallest absolute Gasteiger partial charge is 0.276 e. The van der Waals surface area contributed by atoms with Crippen molar-refractivity contribution in [2.24, 2.45) is 0 Å². The van der Waals surface area contributed by atoms with Crippen LogP contribution in [0.4, 0.5) is 10.1 Å². The van der Waals surface area contributed by atoms with Gasteiger partial charge in [-0.2, -0.15) is 5.10 Å². The SMILES string of the molecule is CC(C)n1nc(C(=O)Nc2ccc(F)cc2)c2ccccc2c1=O. The van der Waals surface area contributed by atoms with Gasteiger partial charge < -0.3 is 5.32 Å². The number of hydrogen-bond acceptors (Lipinski definition) is 3. The summed E-state index contributed by atoms with van der Waals surface area (Å²) in [5.41, 5.74) is 0.372. The Morgan fingerprint density at radius 1 is 1.08 bits per heavy atom. The van der Waals surface area contributed by atoms with E-state index in [9.17, 15) is 14.0 Å². The van der Waals surface area contributed by atoms with Gasteiger partial charge in [0.2, 0.25) is 0 Å². The number of aromatic nitrogens is 2. The molecule has 0 fully saturated rings. The van der Waals surface area contributed by atoms with Crippen molar-refractivity contribution in [2.75, 3.05) is 5.32 Å². The fourth-order valence-electron chi connectivity index (χ4n) is 2.45. The number of nitrogens with one attached hydrogen (secondary N) is 1. The summed E-state index contributed by atoms with van der Waals surface area (Å²) in [5, 5.41) is 7.83. The van der Waals surface area contributed by atoms with Crippen LogP contribution in [0.5, 0.6) is 0 Å². The van der Waals surface area contributed by atoms with Crippen molar-refractivity contribution >= 4 is 22.4 Å². The average molecular weight is 325 g/mol. The van der Waals surface area contributed by atoms with E-state index in [1.165, 1.54) is 28.9 Å². The Morgan fingerprint density at radius 2 is 1.71 bits per heavy atom. The third kappa shape index (κ3) is 2.90. The van der Waals surface area contributed by atoms with E-state index in [2.05, 4.69) is 10.4 Å². The normalized spacial score (nSPS) is 11.0. The molecule has 1 heterocycles. The third-order valence-corrected chi connectivity index (χ3v) is 3.63. The fourth-order valence-corrected chi connectivity index (χ4v) is 2.45. The average Bonchev–Trinajstić information content (AvgIpc) is 2.57. The summed E-state index contributed by atoms with van der Waals surface area (Å²) in [6.45, 7) is 3.65. The largest absolute Gasteiger partial charge is 0.321 e. The highest BCUT2D eigenvalue weighted by atomic mass is 19.1. The Morgan fingerprint density at radius 3 is 2.33 bits per heavy atom. The highest BCUT2D eigenvalue weighted by molar-refractivity contribution is 6.11. The van der Waals surface area contributed by atoms with Crippen molar-refractivity contribution in [1.29, 1.82) is 0 Å². The number of rotatable bonds is 3. The minimum absolute atomic E-state index is 0.156. The Bertz CT molecular complexity index is 962. The van der Waals surface area contributed by atoms with Crippen LogP contribution in [0.15, 0.2) is 53.3 Å². The first-order valence-corrected chi connectivity index (χ1v) is 7.56. The van der Waals surface area contributed by atoms with Crippen LogP contribution in [0.25, 0.3) is 10.8 Å². The lowest BCUT2D eigenvalue weighted by atomic mass is 10.1. The second-order valence-electron chi connectivity index (χ2n) is 5.70. The predicted molar refractivity (Wildman–Crippen MR) is 90.7 cm³/mol. The molecule has 0 spiro atoms. The summed E-state index contributed by atoms with van der Waals surface area (Å²) < 4.78 is 14.3. The molecule has 3 aromatic rings. The van der Waals surface area contributed by atoms with Crippen molar-refractivity contribution in [3.05, 3.63) is 70.4 Å². The summed E-state index contributed by atoms with van der Waals surface area (Å²) >= 11 is 0. The van der Waals surface area contributed by atoms with Crippen molar-refractivity contribution in [1.82, 2.24) is 9.78 Å². The second-order valence-corrected chi connectivity index (χ2v) is 5.70. The summed E-state index contributed by atoms with van der Waals surface area (Å²) in [6.07, 6.45) is 0. The number of benzene rings is 2. The molecule has 24 heavy (non-hydrogen) atoms. The number of nitrogens with zero attached hydrogens (tertiary/aromatic N) is 2. The first-order chi connectivity index (χ1) is 11.5. The number of fused-ring (bicyclic) bond motifs is 1. The minimum Gasteiger partial charge on any atom is -0.321 e. The van der Waals surface area contributed by atoms with Crippen LogP contribution in [-0.4, -0.2) is 15.7 Å². The van der Waals surface area contributed by atoms with Gasteiger partial charge in [0, 0.05) is 11.1 Å². The molecular formula is C18H16FN3O2. The maximum Gasteiger partial charge on any atom is 0.276 e. The molecule has 0 bridgehead atoms. The molecule has 1 aromatic heterocycles. The number of amides is 1. The lowest BCUT2D eigenvalue weighted by Crippen LogP contribution is -2.28. The molecule has 0 radical (unpaired) electrons. The van der Waals surface area contributed by atoms with E-state index >= 15 is 0 Å². The summed E-state index contributed by atoms with van der Waals surface area (Å²) in [7, 11) is 0. The highest BCUT2D eigenvalue weighted by Crippen LogP contribution is 2.17. The van der Waals surface area contributed by atoms with Crippen LogP contribution in [0, 0.1) is 5.82 Å². The van der Waals surface area contributed by atoms with Gasteiger partial charge in [-0.25, -0.2) is 9.07 Å². The topological polar surface area (TPSA) is 64.0 Å². The van der Waals surface area contributed by atoms with Gasteiger partial charge in [0.05, 0.1) is 11.4 Å². The van der Waals surface area contributed by atoms with Gasteiger partial charge in [-0.3, -0.25) is 9.59 Å². The van der Waals surface area contributed by atoms with Crippen LogP contribution in [0.3, 0.4) is 0 Å². The molecule has 1 amide bonds. The molecule has 0 aliphatic rings. The van der Waals surface area contributed by atoms with Crippen molar-refractivity contribution in [3.8, 4) is 0 Å². The molecule has 0 aliphatic carbocycles. The van der Waals surface area contributed by atoms with Crippen LogP contribution >= 0.6 is 0 Å². The van der Waals surface area contributed by atoms with Crippen LogP contribution in [0.2, 0.25) is 0 Å². The molecule has 5 nitrogen and oxygen atoms in total. The van der Waals surface area contributed by atoms with Gasteiger partial charge in [-0.05, 0) is 44.2 Å². The first-order valence-electron chi connectivity index (χ1n) is 7.56. The van der Waals surface area contributed by atoms with E-state index in [1.807, 2.05) is 13.8 Å². The highest BCUT2D eigenvalue weighted by Gasteiger charge is 2.17. The number of halogens is 1. The van der Waals surface area contributed by atoms with E-state index in [0.29, 0.717) is 16.5 Å².